The zero-order chi connectivity index (χ0) is 17.7. The Morgan fingerprint density at radius 3 is 2.88 bits per heavy atom. The molecule has 0 saturated carbocycles. The molecule has 0 radical (unpaired) electrons. The number of nitrogens with one attached hydrogen (secondary N) is 1. The van der Waals surface area contributed by atoms with E-state index in [-0.39, 0.29) is 11.2 Å². The molecular formula is C17H22N4O2S. The highest BCUT2D eigenvalue weighted by Gasteiger charge is 2.20. The molecule has 1 amide bonds. The molecule has 2 rings (SSSR count). The summed E-state index contributed by atoms with van der Waals surface area (Å²) in [6, 6.07) is 5.67. The van der Waals surface area contributed by atoms with E-state index in [1.807, 2.05) is 43.5 Å². The summed E-state index contributed by atoms with van der Waals surface area (Å²) in [5.41, 5.74) is 1.71. The number of nitrogens with zero attached hydrogens (tertiary/aromatic N) is 3. The maximum absolute atomic E-state index is 12.5. The summed E-state index contributed by atoms with van der Waals surface area (Å²) in [6.45, 7) is 10.0. The van der Waals surface area contributed by atoms with Crippen LogP contribution in [0.1, 0.15) is 18.3 Å². The van der Waals surface area contributed by atoms with Gasteiger partial charge in [0, 0.05) is 6.54 Å². The molecule has 0 saturated heterocycles. The van der Waals surface area contributed by atoms with Crippen molar-refractivity contribution in [2.45, 2.75) is 37.7 Å². The van der Waals surface area contributed by atoms with E-state index in [2.05, 4.69) is 22.1 Å². The average Bonchev–Trinajstić information content (AvgIpc) is 2.88. The van der Waals surface area contributed by atoms with E-state index < -0.39 is 0 Å². The van der Waals surface area contributed by atoms with Gasteiger partial charge in [0.1, 0.15) is 11.6 Å². The van der Waals surface area contributed by atoms with Crippen LogP contribution in [-0.4, -0.2) is 33.0 Å². The maximum Gasteiger partial charge on any atom is 0.237 e. The lowest BCUT2D eigenvalue weighted by Crippen LogP contribution is -2.23. The standard InChI is InChI=1S/C17H22N4O2S/c1-6-9-21-13(4)19-20-17(21)24-12(3)16(22)18-14-10-11(2)7-8-15(14)23-5/h6-8,10,12H,1,9H2,2-5H3,(H,18,22)/t12-/m0/s1. The number of carbonyl (C=O) groups is 1. The minimum Gasteiger partial charge on any atom is -0.495 e. The van der Waals surface area contributed by atoms with Crippen molar-refractivity contribution < 1.29 is 9.53 Å². The van der Waals surface area contributed by atoms with Gasteiger partial charge in [-0.1, -0.05) is 23.9 Å². The van der Waals surface area contributed by atoms with E-state index in [4.69, 9.17) is 4.74 Å². The molecule has 0 aliphatic heterocycles. The number of aryl methyl sites for hydroxylation is 2. The number of allylic oxidation sites excluding steroid dienone is 1. The molecule has 0 spiro atoms. The molecule has 0 fully saturated rings. The molecule has 7 heteroatoms. The molecule has 24 heavy (non-hydrogen) atoms. The zero-order valence-electron chi connectivity index (χ0n) is 14.4. The highest BCUT2D eigenvalue weighted by Crippen LogP contribution is 2.28. The predicted molar refractivity (Wildman–Crippen MR) is 96.6 cm³/mol. The van der Waals surface area contributed by atoms with Gasteiger partial charge < -0.3 is 14.6 Å². The van der Waals surface area contributed by atoms with Crippen molar-refractivity contribution in [1.82, 2.24) is 14.8 Å². The second kappa shape index (κ2) is 8.01. The van der Waals surface area contributed by atoms with Crippen LogP contribution in [0.25, 0.3) is 0 Å². The average molecular weight is 346 g/mol. The van der Waals surface area contributed by atoms with Crippen molar-refractivity contribution in [2.75, 3.05) is 12.4 Å². The largest absolute Gasteiger partial charge is 0.495 e. The monoisotopic (exact) mass is 346 g/mol. The number of rotatable bonds is 7. The Bertz CT molecular complexity index is 742. The van der Waals surface area contributed by atoms with Crippen LogP contribution < -0.4 is 10.1 Å². The summed E-state index contributed by atoms with van der Waals surface area (Å²) >= 11 is 1.36. The molecule has 0 aliphatic rings. The Morgan fingerprint density at radius 2 is 2.21 bits per heavy atom. The van der Waals surface area contributed by atoms with Gasteiger partial charge in [0.05, 0.1) is 18.0 Å². The fourth-order valence-electron chi connectivity index (χ4n) is 2.15. The number of anilines is 1. The molecule has 1 aromatic heterocycles. The van der Waals surface area contributed by atoms with Crippen LogP contribution in [0.2, 0.25) is 0 Å². The lowest BCUT2D eigenvalue weighted by atomic mass is 10.2. The second-order valence-electron chi connectivity index (χ2n) is 5.38. The van der Waals surface area contributed by atoms with E-state index in [0.717, 1.165) is 11.4 Å². The fraction of sp³-hybridized carbons (Fsp3) is 0.353. The number of benzene rings is 1. The number of aromatic nitrogens is 3. The molecule has 1 heterocycles. The molecule has 0 aliphatic carbocycles. The van der Waals surface area contributed by atoms with E-state index in [0.29, 0.717) is 23.1 Å². The van der Waals surface area contributed by atoms with Crippen molar-refractivity contribution in [3.8, 4) is 5.75 Å². The first-order valence-electron chi connectivity index (χ1n) is 7.59. The third-order valence-electron chi connectivity index (χ3n) is 3.48. The summed E-state index contributed by atoms with van der Waals surface area (Å²) in [7, 11) is 1.58. The number of thioether (sulfide) groups is 1. The number of methoxy groups -OCH3 is 1. The Kier molecular flexibility index (Phi) is 6.03. The molecule has 1 atom stereocenters. The molecule has 1 aromatic carbocycles. The van der Waals surface area contributed by atoms with E-state index in [9.17, 15) is 4.79 Å². The van der Waals surface area contributed by atoms with Crippen LogP contribution in [0.3, 0.4) is 0 Å². The number of hydrogen-bond acceptors (Lipinski definition) is 5. The number of amides is 1. The first-order valence-corrected chi connectivity index (χ1v) is 8.47. The highest BCUT2D eigenvalue weighted by atomic mass is 32.2. The van der Waals surface area contributed by atoms with Crippen LogP contribution in [0.5, 0.6) is 5.75 Å². The van der Waals surface area contributed by atoms with E-state index in [1.165, 1.54) is 11.8 Å². The summed E-state index contributed by atoms with van der Waals surface area (Å²) < 4.78 is 7.22. The van der Waals surface area contributed by atoms with Gasteiger partial charge in [-0.2, -0.15) is 0 Å². The van der Waals surface area contributed by atoms with Crippen molar-refractivity contribution in [3.63, 3.8) is 0 Å². The summed E-state index contributed by atoms with van der Waals surface area (Å²) in [5.74, 6) is 1.32. The third-order valence-corrected chi connectivity index (χ3v) is 4.56. The molecule has 128 valence electrons. The summed E-state index contributed by atoms with van der Waals surface area (Å²) in [4.78, 5) is 12.5. The molecule has 1 N–H and O–H groups in total. The molecule has 0 bridgehead atoms. The number of hydrogen-bond donors (Lipinski definition) is 1. The first-order chi connectivity index (χ1) is 11.5. The maximum atomic E-state index is 12.5. The third kappa shape index (κ3) is 4.17. The Morgan fingerprint density at radius 1 is 1.46 bits per heavy atom. The van der Waals surface area contributed by atoms with Crippen LogP contribution >= 0.6 is 11.8 Å². The van der Waals surface area contributed by atoms with Crippen LogP contribution in [0.15, 0.2) is 36.0 Å². The Balaban J connectivity index is 2.10. The van der Waals surface area contributed by atoms with Gasteiger partial charge in [0.15, 0.2) is 5.16 Å². The predicted octanol–water partition coefficient (Wildman–Crippen LogP) is 3.21. The summed E-state index contributed by atoms with van der Waals surface area (Å²) in [5, 5.41) is 11.5. The SMILES string of the molecule is C=CCn1c(C)nnc1S[C@@H](C)C(=O)Nc1cc(C)ccc1OC. The minimum absolute atomic E-state index is 0.116. The summed E-state index contributed by atoms with van der Waals surface area (Å²) in [6.07, 6.45) is 1.78. The molecular weight excluding hydrogens is 324 g/mol. The van der Waals surface area contributed by atoms with Crippen LogP contribution in [0, 0.1) is 13.8 Å². The van der Waals surface area contributed by atoms with E-state index >= 15 is 0 Å². The first kappa shape index (κ1) is 18.1. The normalized spacial score (nSPS) is 11.8. The van der Waals surface area contributed by atoms with Gasteiger partial charge in [0.25, 0.3) is 0 Å². The highest BCUT2D eigenvalue weighted by molar-refractivity contribution is 8.00. The Hall–Kier alpha value is -2.28. The lowest BCUT2D eigenvalue weighted by molar-refractivity contribution is -0.115. The fourth-order valence-corrected chi connectivity index (χ4v) is 3.06. The van der Waals surface area contributed by atoms with Gasteiger partial charge >= 0.3 is 0 Å². The van der Waals surface area contributed by atoms with Gasteiger partial charge in [-0.05, 0) is 38.5 Å². The molecule has 0 unspecified atom stereocenters. The van der Waals surface area contributed by atoms with Crippen LogP contribution in [0.4, 0.5) is 5.69 Å². The molecule has 6 nitrogen and oxygen atoms in total. The van der Waals surface area contributed by atoms with Crippen molar-refractivity contribution in [1.29, 1.82) is 0 Å². The van der Waals surface area contributed by atoms with Gasteiger partial charge in [-0.3, -0.25) is 4.79 Å². The number of carbonyl (C=O) groups excluding carboxylic acids is 1. The van der Waals surface area contributed by atoms with E-state index in [1.54, 1.807) is 13.2 Å². The minimum atomic E-state index is -0.331. The van der Waals surface area contributed by atoms with Crippen molar-refractivity contribution in [3.05, 3.63) is 42.2 Å². The quantitative estimate of drug-likeness (QED) is 0.616. The smallest absolute Gasteiger partial charge is 0.237 e. The van der Waals surface area contributed by atoms with Crippen molar-refractivity contribution in [2.24, 2.45) is 0 Å². The van der Waals surface area contributed by atoms with Crippen LogP contribution in [-0.2, 0) is 11.3 Å². The van der Waals surface area contributed by atoms with Gasteiger partial charge in [0.2, 0.25) is 5.91 Å². The Labute approximate surface area is 146 Å². The second-order valence-corrected chi connectivity index (χ2v) is 6.69. The van der Waals surface area contributed by atoms with Gasteiger partial charge in [-0.15, -0.1) is 16.8 Å². The van der Waals surface area contributed by atoms with Crippen molar-refractivity contribution >= 4 is 23.4 Å². The topological polar surface area (TPSA) is 69.0 Å². The molecule has 2 aromatic rings. The zero-order valence-corrected chi connectivity index (χ0v) is 15.2. The van der Waals surface area contributed by atoms with Gasteiger partial charge in [-0.25, -0.2) is 0 Å². The number of ether oxygens (including phenoxy) is 1. The lowest BCUT2D eigenvalue weighted by Gasteiger charge is -2.15.